The minimum absolute atomic E-state index is 0.0292. The number of rotatable bonds is 12. The van der Waals surface area contributed by atoms with Crippen LogP contribution in [-0.2, 0) is 27.2 Å². The third-order valence-electron chi connectivity index (χ3n) is 6.79. The molecule has 0 radical (unpaired) electrons. The molecule has 0 bridgehead atoms. The van der Waals surface area contributed by atoms with E-state index >= 15 is 0 Å². The zero-order chi connectivity index (χ0) is 26.9. The molecule has 4 rings (SSSR count). The van der Waals surface area contributed by atoms with Crippen LogP contribution in [0.25, 0.3) is 0 Å². The minimum atomic E-state index is -1.04. The van der Waals surface area contributed by atoms with Crippen LogP contribution in [0, 0.1) is 11.8 Å². The molecular formula is C31H32O7. The Balaban J connectivity index is 1.44. The lowest BCUT2D eigenvalue weighted by atomic mass is 9.84. The van der Waals surface area contributed by atoms with E-state index in [-0.39, 0.29) is 23.7 Å². The van der Waals surface area contributed by atoms with Gasteiger partial charge in [-0.2, -0.15) is 0 Å². The molecule has 1 N–H and O–H groups in total. The summed E-state index contributed by atoms with van der Waals surface area (Å²) in [6.07, 6.45) is 2.21. The first-order chi connectivity index (χ1) is 18.4. The first-order valence-electron chi connectivity index (χ1n) is 12.9. The fourth-order valence-corrected chi connectivity index (χ4v) is 5.05. The minimum Gasteiger partial charge on any atom is -0.482 e. The van der Waals surface area contributed by atoms with Crippen LogP contribution in [0.5, 0.6) is 11.5 Å². The molecule has 7 nitrogen and oxygen atoms in total. The van der Waals surface area contributed by atoms with Crippen LogP contribution in [0.15, 0.2) is 78.9 Å². The molecule has 0 saturated heterocycles. The molecule has 1 aliphatic rings. The standard InChI is InChI=1S/C31H32O7/c1-2-36-29-19-28(32)27(18-22-9-7-12-24(17-22)37-20-30(33)34)26(29)15-14-21-8-6-13-25(16-21)38-31(35)23-10-4-3-5-11-23/h3-13,16-17,26-27,29H,2,14-15,18-20H2,1H3,(H,33,34)/t26-,27-,29?/m1/s1. The van der Waals surface area contributed by atoms with E-state index in [0.29, 0.717) is 42.9 Å². The molecule has 0 spiro atoms. The van der Waals surface area contributed by atoms with Crippen LogP contribution < -0.4 is 9.47 Å². The molecule has 3 aromatic rings. The Morgan fingerprint density at radius 2 is 1.63 bits per heavy atom. The smallest absolute Gasteiger partial charge is 0.343 e. The highest BCUT2D eigenvalue weighted by atomic mass is 16.5. The number of benzene rings is 3. The highest BCUT2D eigenvalue weighted by Gasteiger charge is 2.42. The Bertz CT molecular complexity index is 1250. The van der Waals surface area contributed by atoms with Gasteiger partial charge in [0, 0.05) is 18.9 Å². The normalized spacial score (nSPS) is 18.8. The van der Waals surface area contributed by atoms with Crippen molar-refractivity contribution in [2.24, 2.45) is 11.8 Å². The van der Waals surface area contributed by atoms with Gasteiger partial charge in [-0.3, -0.25) is 4.79 Å². The molecule has 1 saturated carbocycles. The molecule has 1 aliphatic carbocycles. The van der Waals surface area contributed by atoms with Crippen molar-refractivity contribution in [1.82, 2.24) is 0 Å². The number of ketones is 1. The quantitative estimate of drug-likeness (QED) is 0.262. The number of Topliss-reactive ketones (excluding diaryl/α,β-unsaturated/α-hetero) is 1. The van der Waals surface area contributed by atoms with Gasteiger partial charge >= 0.3 is 11.9 Å². The van der Waals surface area contributed by atoms with Gasteiger partial charge in [0.25, 0.3) is 0 Å². The van der Waals surface area contributed by atoms with E-state index in [9.17, 15) is 14.4 Å². The average molecular weight is 517 g/mol. The number of carbonyl (C=O) groups excluding carboxylic acids is 2. The third kappa shape index (κ3) is 7.29. The summed E-state index contributed by atoms with van der Waals surface area (Å²) >= 11 is 0. The Hall–Kier alpha value is -3.97. The van der Waals surface area contributed by atoms with Crippen molar-refractivity contribution < 1.29 is 33.7 Å². The van der Waals surface area contributed by atoms with Gasteiger partial charge in [-0.05, 0) is 79.6 Å². The van der Waals surface area contributed by atoms with E-state index in [1.54, 1.807) is 42.5 Å². The molecule has 198 valence electrons. The average Bonchev–Trinajstić information content (AvgIpc) is 3.20. The fourth-order valence-electron chi connectivity index (χ4n) is 5.05. The van der Waals surface area contributed by atoms with Crippen LogP contribution in [0.3, 0.4) is 0 Å². The van der Waals surface area contributed by atoms with Crippen molar-refractivity contribution in [3.05, 3.63) is 95.6 Å². The number of ether oxygens (including phenoxy) is 3. The van der Waals surface area contributed by atoms with Crippen LogP contribution in [-0.4, -0.2) is 42.1 Å². The predicted octanol–water partition coefficient (Wildman–Crippen LogP) is 5.15. The second kappa shape index (κ2) is 13.0. The Morgan fingerprint density at radius 3 is 2.37 bits per heavy atom. The largest absolute Gasteiger partial charge is 0.482 e. The fraction of sp³-hybridized carbons (Fsp3) is 0.323. The van der Waals surface area contributed by atoms with Crippen molar-refractivity contribution in [2.45, 2.75) is 38.7 Å². The van der Waals surface area contributed by atoms with Crippen LogP contribution in [0.2, 0.25) is 0 Å². The van der Waals surface area contributed by atoms with Crippen molar-refractivity contribution in [3.63, 3.8) is 0 Å². The number of carbonyl (C=O) groups is 3. The molecule has 3 atom stereocenters. The molecule has 1 unspecified atom stereocenters. The molecule has 0 aliphatic heterocycles. The summed E-state index contributed by atoms with van der Waals surface area (Å²) in [4.78, 5) is 36.3. The van der Waals surface area contributed by atoms with Crippen LogP contribution in [0.1, 0.15) is 41.3 Å². The van der Waals surface area contributed by atoms with Crippen LogP contribution >= 0.6 is 0 Å². The highest BCUT2D eigenvalue weighted by Crippen LogP contribution is 2.37. The maximum absolute atomic E-state index is 13.0. The number of esters is 1. The predicted molar refractivity (Wildman–Crippen MR) is 141 cm³/mol. The molecule has 3 aromatic carbocycles. The Morgan fingerprint density at radius 1 is 0.921 bits per heavy atom. The van der Waals surface area contributed by atoms with Gasteiger partial charge in [-0.1, -0.05) is 42.5 Å². The van der Waals surface area contributed by atoms with Gasteiger partial charge < -0.3 is 19.3 Å². The molecule has 0 amide bonds. The van der Waals surface area contributed by atoms with Gasteiger partial charge in [0.05, 0.1) is 11.7 Å². The van der Waals surface area contributed by atoms with Gasteiger partial charge in [-0.25, -0.2) is 9.59 Å². The summed E-state index contributed by atoms with van der Waals surface area (Å²) in [6, 6.07) is 23.6. The number of hydrogen-bond donors (Lipinski definition) is 1. The summed E-state index contributed by atoms with van der Waals surface area (Å²) in [5.41, 5.74) is 2.42. The maximum atomic E-state index is 13.0. The number of aryl methyl sites for hydroxylation is 1. The maximum Gasteiger partial charge on any atom is 0.343 e. The van der Waals surface area contributed by atoms with E-state index in [1.165, 1.54) is 0 Å². The Kier molecular flexibility index (Phi) is 9.27. The zero-order valence-corrected chi connectivity index (χ0v) is 21.4. The number of hydrogen-bond acceptors (Lipinski definition) is 6. The summed E-state index contributed by atoms with van der Waals surface area (Å²) in [6.45, 7) is 2.05. The topological polar surface area (TPSA) is 99.1 Å². The lowest BCUT2D eigenvalue weighted by Crippen LogP contribution is -2.25. The first-order valence-corrected chi connectivity index (χ1v) is 12.9. The Labute approximate surface area is 222 Å². The van der Waals surface area contributed by atoms with E-state index in [1.807, 2.05) is 43.3 Å². The molecule has 0 aromatic heterocycles. The second-order valence-corrected chi connectivity index (χ2v) is 9.41. The summed E-state index contributed by atoms with van der Waals surface area (Å²) in [5.74, 6) is -0.502. The van der Waals surface area contributed by atoms with E-state index < -0.39 is 18.5 Å². The van der Waals surface area contributed by atoms with E-state index in [0.717, 1.165) is 17.5 Å². The monoisotopic (exact) mass is 516 g/mol. The third-order valence-corrected chi connectivity index (χ3v) is 6.79. The molecule has 38 heavy (non-hydrogen) atoms. The molecule has 7 heteroatoms. The van der Waals surface area contributed by atoms with Crippen molar-refractivity contribution in [3.8, 4) is 11.5 Å². The van der Waals surface area contributed by atoms with Gasteiger partial charge in [-0.15, -0.1) is 0 Å². The second-order valence-electron chi connectivity index (χ2n) is 9.41. The van der Waals surface area contributed by atoms with Gasteiger partial charge in [0.2, 0.25) is 0 Å². The number of carboxylic acid groups (broad SMARTS) is 1. The number of aliphatic carboxylic acids is 1. The summed E-state index contributed by atoms with van der Waals surface area (Å²) in [7, 11) is 0. The van der Waals surface area contributed by atoms with Crippen LogP contribution in [0.4, 0.5) is 0 Å². The highest BCUT2D eigenvalue weighted by molar-refractivity contribution is 5.91. The van der Waals surface area contributed by atoms with Gasteiger partial charge in [0.1, 0.15) is 17.3 Å². The zero-order valence-electron chi connectivity index (χ0n) is 21.4. The SMILES string of the molecule is CCOC1CC(=O)[C@H](Cc2cccc(OCC(=O)O)c2)[C@H]1CCc1cccc(OC(=O)c2ccccc2)c1. The molecule has 1 fully saturated rings. The first kappa shape index (κ1) is 27.1. The van der Waals surface area contributed by atoms with Crippen molar-refractivity contribution in [2.75, 3.05) is 13.2 Å². The van der Waals surface area contributed by atoms with Gasteiger partial charge in [0.15, 0.2) is 6.61 Å². The van der Waals surface area contributed by atoms with E-state index in [2.05, 4.69) is 0 Å². The lowest BCUT2D eigenvalue weighted by molar-refractivity contribution is -0.139. The van der Waals surface area contributed by atoms with E-state index in [4.69, 9.17) is 19.3 Å². The number of carboxylic acids is 1. The summed E-state index contributed by atoms with van der Waals surface area (Å²) < 4.78 is 16.9. The molecule has 0 heterocycles. The summed E-state index contributed by atoms with van der Waals surface area (Å²) in [5, 5.41) is 8.88. The van der Waals surface area contributed by atoms with Crippen molar-refractivity contribution in [1.29, 1.82) is 0 Å². The molecular weight excluding hydrogens is 484 g/mol. The lowest BCUT2D eigenvalue weighted by Gasteiger charge is -2.24. The van der Waals surface area contributed by atoms with Crippen molar-refractivity contribution >= 4 is 17.7 Å².